The van der Waals surface area contributed by atoms with Gasteiger partial charge in [0.05, 0.1) is 16.0 Å². The lowest BCUT2D eigenvalue weighted by atomic mass is 10.2. The molecule has 0 spiro atoms. The molecule has 114 valence electrons. The van der Waals surface area contributed by atoms with Crippen molar-refractivity contribution in [2.75, 3.05) is 24.5 Å². The first kappa shape index (κ1) is 16.1. The molecule has 1 aliphatic heterocycles. The molecule has 0 radical (unpaired) electrons. The van der Waals surface area contributed by atoms with Crippen LogP contribution in [0.4, 0.5) is 5.69 Å². The zero-order valence-electron chi connectivity index (χ0n) is 11.3. The third-order valence-corrected chi connectivity index (χ3v) is 5.32. The number of benzene rings is 1. The van der Waals surface area contributed by atoms with Crippen molar-refractivity contribution in [3.8, 4) is 11.8 Å². The summed E-state index contributed by atoms with van der Waals surface area (Å²) >= 11 is 6.03. The van der Waals surface area contributed by atoms with Gasteiger partial charge in [0, 0.05) is 18.8 Å². The van der Waals surface area contributed by atoms with Crippen molar-refractivity contribution in [1.82, 2.24) is 0 Å². The zero-order valence-corrected chi connectivity index (χ0v) is 12.9. The number of aliphatic hydroxyl groups is 1. The third-order valence-electron chi connectivity index (χ3n) is 3.14. The fourth-order valence-corrected chi connectivity index (χ4v) is 3.72. The number of rotatable bonds is 3. The van der Waals surface area contributed by atoms with Crippen LogP contribution >= 0.6 is 11.6 Å². The third kappa shape index (κ3) is 4.35. The molecule has 0 aromatic heterocycles. The van der Waals surface area contributed by atoms with Gasteiger partial charge in [0.2, 0.25) is 10.0 Å². The van der Waals surface area contributed by atoms with Crippen LogP contribution in [0.5, 0.6) is 0 Å². The summed E-state index contributed by atoms with van der Waals surface area (Å²) in [6, 6.07) is 4.80. The Labute approximate surface area is 129 Å². The number of ether oxygens (including phenoxy) is 1. The summed E-state index contributed by atoms with van der Waals surface area (Å²) in [7, 11) is -3.51. The number of hydrogen-bond donors (Lipinski definition) is 2. The second-order valence-corrected chi connectivity index (χ2v) is 6.98. The molecule has 21 heavy (non-hydrogen) atoms. The molecular formula is C14H16ClNO4S. The summed E-state index contributed by atoms with van der Waals surface area (Å²) in [4.78, 5) is 0. The van der Waals surface area contributed by atoms with Crippen molar-refractivity contribution in [2.45, 2.75) is 18.1 Å². The molecule has 5 nitrogen and oxygen atoms in total. The van der Waals surface area contributed by atoms with Gasteiger partial charge in [-0.2, -0.15) is 0 Å². The van der Waals surface area contributed by atoms with E-state index in [1.165, 1.54) is 0 Å². The van der Waals surface area contributed by atoms with Gasteiger partial charge in [0.25, 0.3) is 0 Å². The van der Waals surface area contributed by atoms with Gasteiger partial charge in [-0.3, -0.25) is 4.72 Å². The van der Waals surface area contributed by atoms with E-state index in [0.29, 0.717) is 42.3 Å². The first-order valence-corrected chi connectivity index (χ1v) is 8.44. The van der Waals surface area contributed by atoms with Crippen LogP contribution in [-0.4, -0.2) is 38.6 Å². The highest BCUT2D eigenvalue weighted by atomic mass is 35.5. The van der Waals surface area contributed by atoms with E-state index in [1.54, 1.807) is 18.2 Å². The Morgan fingerprint density at radius 1 is 1.38 bits per heavy atom. The summed E-state index contributed by atoms with van der Waals surface area (Å²) in [5, 5.41) is 8.51. The van der Waals surface area contributed by atoms with Crippen LogP contribution in [0.15, 0.2) is 18.2 Å². The smallest absolute Gasteiger partial charge is 0.235 e. The predicted molar refractivity (Wildman–Crippen MR) is 81.8 cm³/mol. The Morgan fingerprint density at radius 3 is 2.76 bits per heavy atom. The van der Waals surface area contributed by atoms with Gasteiger partial charge in [-0.1, -0.05) is 23.4 Å². The van der Waals surface area contributed by atoms with Crippen LogP contribution in [0, 0.1) is 11.8 Å². The van der Waals surface area contributed by atoms with Gasteiger partial charge in [-0.05, 0) is 31.0 Å². The minimum atomic E-state index is -3.51. The highest BCUT2D eigenvalue weighted by Gasteiger charge is 2.28. The highest BCUT2D eigenvalue weighted by Crippen LogP contribution is 2.26. The standard InChI is InChI=1S/C14H16ClNO4S/c15-13-4-3-11(2-1-7-17)10-14(13)16-21(18,19)12-5-8-20-9-6-12/h3-4,10,12,16-17H,5-9H2. The van der Waals surface area contributed by atoms with Crippen molar-refractivity contribution >= 4 is 27.3 Å². The molecule has 0 saturated carbocycles. The second kappa shape index (κ2) is 7.14. The van der Waals surface area contributed by atoms with Gasteiger partial charge >= 0.3 is 0 Å². The number of sulfonamides is 1. The number of halogens is 1. The maximum absolute atomic E-state index is 12.3. The summed E-state index contributed by atoms with van der Waals surface area (Å²) in [6.45, 7) is 0.633. The van der Waals surface area contributed by atoms with E-state index in [4.69, 9.17) is 21.4 Å². The minimum Gasteiger partial charge on any atom is -0.384 e. The maximum Gasteiger partial charge on any atom is 0.235 e. The second-order valence-electron chi connectivity index (χ2n) is 4.61. The average molecular weight is 330 g/mol. The molecule has 0 aliphatic carbocycles. The average Bonchev–Trinajstić information content (AvgIpc) is 2.49. The van der Waals surface area contributed by atoms with Crippen LogP contribution in [0.1, 0.15) is 18.4 Å². The van der Waals surface area contributed by atoms with Crippen molar-refractivity contribution in [3.05, 3.63) is 28.8 Å². The molecule has 2 rings (SSSR count). The van der Waals surface area contributed by atoms with Crippen molar-refractivity contribution in [3.63, 3.8) is 0 Å². The zero-order chi connectivity index (χ0) is 15.3. The molecule has 2 N–H and O–H groups in total. The minimum absolute atomic E-state index is 0.258. The first-order valence-electron chi connectivity index (χ1n) is 6.51. The molecule has 1 saturated heterocycles. The van der Waals surface area contributed by atoms with Crippen LogP contribution < -0.4 is 4.72 Å². The SMILES string of the molecule is O=S(=O)(Nc1cc(C#CCO)ccc1Cl)C1CCOCC1. The maximum atomic E-state index is 12.3. The lowest BCUT2D eigenvalue weighted by Gasteiger charge is -2.23. The number of anilines is 1. The van der Waals surface area contributed by atoms with Crippen molar-refractivity contribution in [2.24, 2.45) is 0 Å². The largest absolute Gasteiger partial charge is 0.384 e. The number of nitrogens with one attached hydrogen (secondary N) is 1. The summed E-state index contributed by atoms with van der Waals surface area (Å²) < 4.78 is 32.4. The van der Waals surface area contributed by atoms with Gasteiger partial charge in [0.15, 0.2) is 0 Å². The van der Waals surface area contributed by atoms with Crippen molar-refractivity contribution in [1.29, 1.82) is 0 Å². The molecule has 0 bridgehead atoms. The highest BCUT2D eigenvalue weighted by molar-refractivity contribution is 7.93. The Morgan fingerprint density at radius 2 is 2.10 bits per heavy atom. The van der Waals surface area contributed by atoms with E-state index in [2.05, 4.69) is 16.6 Å². The molecule has 1 aromatic rings. The molecule has 0 atom stereocenters. The van der Waals surface area contributed by atoms with Gasteiger partial charge < -0.3 is 9.84 Å². The van der Waals surface area contributed by atoms with E-state index in [1.807, 2.05) is 0 Å². The molecule has 1 fully saturated rings. The molecule has 7 heteroatoms. The Balaban J connectivity index is 2.21. The molecule has 0 unspecified atom stereocenters. The summed E-state index contributed by atoms with van der Waals surface area (Å²) in [5.41, 5.74) is 0.881. The molecule has 1 heterocycles. The number of hydrogen-bond acceptors (Lipinski definition) is 4. The van der Waals surface area contributed by atoms with Crippen LogP contribution in [0.25, 0.3) is 0 Å². The van der Waals surface area contributed by atoms with Gasteiger partial charge in [0.1, 0.15) is 6.61 Å². The Kier molecular flexibility index (Phi) is 5.48. The van der Waals surface area contributed by atoms with Crippen molar-refractivity contribution < 1.29 is 18.3 Å². The molecule has 0 amide bonds. The van der Waals surface area contributed by atoms with E-state index in [0.717, 1.165) is 0 Å². The Hall–Kier alpha value is -1.26. The van der Waals surface area contributed by atoms with Crippen LogP contribution in [0.2, 0.25) is 5.02 Å². The van der Waals surface area contributed by atoms with Gasteiger partial charge in [-0.25, -0.2) is 8.42 Å². The van der Waals surface area contributed by atoms with E-state index < -0.39 is 15.3 Å². The Bertz CT molecular complexity index is 657. The van der Waals surface area contributed by atoms with Crippen LogP contribution in [0.3, 0.4) is 0 Å². The fraction of sp³-hybridized carbons (Fsp3) is 0.429. The van der Waals surface area contributed by atoms with E-state index >= 15 is 0 Å². The number of aliphatic hydroxyl groups excluding tert-OH is 1. The molecule has 1 aromatic carbocycles. The molecular weight excluding hydrogens is 314 g/mol. The van der Waals surface area contributed by atoms with Crippen LogP contribution in [-0.2, 0) is 14.8 Å². The monoisotopic (exact) mass is 329 g/mol. The summed E-state index contributed by atoms with van der Waals surface area (Å²) in [5.74, 6) is 5.22. The lowest BCUT2D eigenvalue weighted by molar-refractivity contribution is 0.0984. The fourth-order valence-electron chi connectivity index (χ4n) is 2.05. The first-order chi connectivity index (χ1) is 10.0. The quantitative estimate of drug-likeness (QED) is 0.826. The van der Waals surface area contributed by atoms with E-state index in [9.17, 15) is 8.42 Å². The predicted octanol–water partition coefficient (Wildman–Crippen LogP) is 1.60. The lowest BCUT2D eigenvalue weighted by Crippen LogP contribution is -2.33. The normalized spacial score (nSPS) is 16.1. The van der Waals surface area contributed by atoms with Gasteiger partial charge in [-0.15, -0.1) is 0 Å². The summed E-state index contributed by atoms with van der Waals surface area (Å²) in [6.07, 6.45) is 0.938. The topological polar surface area (TPSA) is 75.6 Å². The molecule has 1 aliphatic rings. The van der Waals surface area contributed by atoms with E-state index in [-0.39, 0.29) is 6.61 Å².